The first kappa shape index (κ1) is 22.8. The lowest BCUT2D eigenvalue weighted by Crippen LogP contribution is -2.20. The number of nitrogens with one attached hydrogen (secondary N) is 1. The van der Waals surface area contributed by atoms with Gasteiger partial charge in [-0.25, -0.2) is 5.43 Å². The van der Waals surface area contributed by atoms with Crippen molar-refractivity contribution < 1.29 is 9.72 Å². The van der Waals surface area contributed by atoms with E-state index < -0.39 is 4.92 Å². The summed E-state index contributed by atoms with van der Waals surface area (Å²) in [6, 6.07) is 17.6. The van der Waals surface area contributed by atoms with Crippen LogP contribution < -0.4 is 5.43 Å². The van der Waals surface area contributed by atoms with E-state index >= 15 is 0 Å². The molecule has 0 aliphatic rings. The minimum atomic E-state index is -0.489. The van der Waals surface area contributed by atoms with Gasteiger partial charge in [-0.3, -0.25) is 24.5 Å². The fraction of sp³-hybridized carbons (Fsp3) is 0.0870. The maximum atomic E-state index is 12.3. The second kappa shape index (κ2) is 10.5. The number of amides is 1. The molecule has 11 heteroatoms. The van der Waals surface area contributed by atoms with Gasteiger partial charge in [0.05, 0.1) is 16.9 Å². The number of aromatic nitrogens is 4. The highest BCUT2D eigenvalue weighted by atomic mass is 32.2. The van der Waals surface area contributed by atoms with E-state index in [1.165, 1.54) is 30.1 Å². The minimum Gasteiger partial charge on any atom is -0.272 e. The van der Waals surface area contributed by atoms with Crippen molar-refractivity contribution in [1.82, 2.24) is 25.2 Å². The lowest BCUT2D eigenvalue weighted by atomic mass is 10.2. The van der Waals surface area contributed by atoms with Gasteiger partial charge in [-0.1, -0.05) is 41.6 Å². The number of rotatable bonds is 8. The zero-order valence-corrected chi connectivity index (χ0v) is 18.8. The Hall–Kier alpha value is -4.38. The predicted molar refractivity (Wildman–Crippen MR) is 129 cm³/mol. The first-order valence-corrected chi connectivity index (χ1v) is 11.1. The number of hydrazone groups is 1. The number of hydrogen-bond acceptors (Lipinski definition) is 8. The second-order valence-corrected chi connectivity index (χ2v) is 8.09. The van der Waals surface area contributed by atoms with E-state index in [9.17, 15) is 14.9 Å². The van der Waals surface area contributed by atoms with Crippen LogP contribution in [0, 0.1) is 17.0 Å². The molecule has 1 N–H and O–H groups in total. The lowest BCUT2D eigenvalue weighted by Gasteiger charge is -2.10. The quantitative estimate of drug-likeness (QED) is 0.178. The van der Waals surface area contributed by atoms with Crippen LogP contribution >= 0.6 is 11.8 Å². The highest BCUT2D eigenvalue weighted by molar-refractivity contribution is 7.99. The Balaban J connectivity index is 1.48. The third-order valence-electron chi connectivity index (χ3n) is 4.68. The van der Waals surface area contributed by atoms with Crippen molar-refractivity contribution in [3.8, 4) is 17.1 Å². The SMILES string of the molecule is Cc1ccc(-n2c(SCC(=O)N/N=C\c3cccc([N+](=O)[O-])c3)nnc2-c2ccncc2)cc1. The van der Waals surface area contributed by atoms with Crippen molar-refractivity contribution in [1.29, 1.82) is 0 Å². The molecule has 0 fully saturated rings. The Labute approximate surface area is 198 Å². The molecule has 2 heterocycles. The fourth-order valence-electron chi connectivity index (χ4n) is 3.04. The van der Waals surface area contributed by atoms with Crippen LogP contribution in [-0.2, 0) is 4.79 Å². The Bertz CT molecular complexity index is 1340. The van der Waals surface area contributed by atoms with Gasteiger partial charge in [0.25, 0.3) is 11.6 Å². The van der Waals surface area contributed by atoms with Gasteiger partial charge in [-0.15, -0.1) is 10.2 Å². The van der Waals surface area contributed by atoms with E-state index in [4.69, 9.17) is 0 Å². The maximum Gasteiger partial charge on any atom is 0.270 e. The fourth-order valence-corrected chi connectivity index (χ4v) is 3.78. The largest absolute Gasteiger partial charge is 0.272 e. The molecule has 0 aliphatic heterocycles. The van der Waals surface area contributed by atoms with Crippen molar-refractivity contribution in [3.05, 3.63) is 94.3 Å². The summed E-state index contributed by atoms with van der Waals surface area (Å²) in [5.41, 5.74) is 5.72. The van der Waals surface area contributed by atoms with Gasteiger partial charge in [0, 0.05) is 41.3 Å². The number of nitro benzene ring substituents is 1. The van der Waals surface area contributed by atoms with Gasteiger partial charge in [-0.05, 0) is 31.2 Å². The summed E-state index contributed by atoms with van der Waals surface area (Å²) in [7, 11) is 0. The molecular weight excluding hydrogens is 454 g/mol. The molecule has 0 saturated heterocycles. The standard InChI is InChI=1S/C23H19N7O3S/c1-16-5-7-19(8-6-16)29-22(18-9-11-24-12-10-18)27-28-23(29)34-15-21(31)26-25-14-17-3-2-4-20(13-17)30(32)33/h2-14H,15H2,1H3,(H,26,31)/b25-14-. The van der Waals surface area contributed by atoms with Crippen LogP contribution in [0.1, 0.15) is 11.1 Å². The third kappa shape index (κ3) is 5.51. The van der Waals surface area contributed by atoms with Crippen LogP contribution in [0.3, 0.4) is 0 Å². The number of hydrogen-bond donors (Lipinski definition) is 1. The van der Waals surface area contributed by atoms with Gasteiger partial charge in [0.2, 0.25) is 0 Å². The van der Waals surface area contributed by atoms with Crippen LogP contribution in [0.5, 0.6) is 0 Å². The summed E-state index contributed by atoms with van der Waals surface area (Å²) in [4.78, 5) is 26.8. The summed E-state index contributed by atoms with van der Waals surface area (Å²) in [6.45, 7) is 2.01. The summed E-state index contributed by atoms with van der Waals surface area (Å²) in [6.07, 6.45) is 4.72. The van der Waals surface area contributed by atoms with Gasteiger partial charge in [-0.2, -0.15) is 5.10 Å². The first-order valence-electron chi connectivity index (χ1n) is 10.1. The molecule has 1 amide bonds. The Morgan fingerprint density at radius 2 is 1.91 bits per heavy atom. The molecule has 0 radical (unpaired) electrons. The number of nitrogens with zero attached hydrogens (tertiary/aromatic N) is 6. The smallest absolute Gasteiger partial charge is 0.270 e. The van der Waals surface area contributed by atoms with Crippen molar-refractivity contribution in [3.63, 3.8) is 0 Å². The second-order valence-electron chi connectivity index (χ2n) is 7.15. The van der Waals surface area contributed by atoms with Crippen LogP contribution in [0.15, 0.2) is 83.3 Å². The first-order chi connectivity index (χ1) is 16.5. The van der Waals surface area contributed by atoms with Crippen molar-refractivity contribution in [2.45, 2.75) is 12.1 Å². The number of carbonyl (C=O) groups excluding carboxylic acids is 1. The minimum absolute atomic E-state index is 0.0482. The molecule has 10 nitrogen and oxygen atoms in total. The molecule has 0 aliphatic carbocycles. The molecule has 2 aromatic carbocycles. The van der Waals surface area contributed by atoms with Crippen molar-refractivity contribution in [2.24, 2.45) is 5.10 Å². The molecular formula is C23H19N7O3S. The molecule has 0 bridgehead atoms. The van der Waals surface area contributed by atoms with Crippen molar-refractivity contribution >= 4 is 29.6 Å². The van der Waals surface area contributed by atoms with Gasteiger partial charge in [0.15, 0.2) is 11.0 Å². The van der Waals surface area contributed by atoms with Crippen LogP contribution in [0.4, 0.5) is 5.69 Å². The Morgan fingerprint density at radius 3 is 2.65 bits per heavy atom. The molecule has 0 unspecified atom stereocenters. The normalized spacial score (nSPS) is 11.0. The van der Waals surface area contributed by atoms with E-state index in [0.29, 0.717) is 16.5 Å². The van der Waals surface area contributed by atoms with E-state index in [1.54, 1.807) is 24.5 Å². The number of aryl methyl sites for hydroxylation is 1. The molecule has 2 aromatic heterocycles. The monoisotopic (exact) mass is 473 g/mol. The van der Waals surface area contributed by atoms with Crippen LogP contribution in [0.2, 0.25) is 0 Å². The molecule has 0 atom stereocenters. The van der Waals surface area contributed by atoms with E-state index in [2.05, 4.69) is 25.7 Å². The zero-order chi connectivity index (χ0) is 23.9. The molecule has 0 spiro atoms. The molecule has 4 aromatic rings. The van der Waals surface area contributed by atoms with E-state index in [0.717, 1.165) is 16.8 Å². The third-order valence-corrected chi connectivity index (χ3v) is 5.61. The number of benzene rings is 2. The number of nitro groups is 1. The maximum absolute atomic E-state index is 12.3. The molecule has 34 heavy (non-hydrogen) atoms. The summed E-state index contributed by atoms with van der Waals surface area (Å²) in [5, 5.41) is 23.9. The average molecular weight is 474 g/mol. The van der Waals surface area contributed by atoms with Gasteiger partial charge < -0.3 is 0 Å². The van der Waals surface area contributed by atoms with Crippen molar-refractivity contribution in [2.75, 3.05) is 5.75 Å². The van der Waals surface area contributed by atoms with Crippen LogP contribution in [-0.4, -0.2) is 42.5 Å². The molecule has 170 valence electrons. The predicted octanol–water partition coefficient (Wildman–Crippen LogP) is 3.79. The summed E-state index contributed by atoms with van der Waals surface area (Å²) >= 11 is 1.22. The molecule has 4 rings (SSSR count). The summed E-state index contributed by atoms with van der Waals surface area (Å²) < 4.78 is 1.89. The Kier molecular flexibility index (Phi) is 7.04. The molecule has 0 saturated carbocycles. The number of pyridine rings is 1. The average Bonchev–Trinajstić information content (AvgIpc) is 3.28. The lowest BCUT2D eigenvalue weighted by molar-refractivity contribution is -0.384. The highest BCUT2D eigenvalue weighted by Crippen LogP contribution is 2.27. The van der Waals surface area contributed by atoms with Crippen LogP contribution in [0.25, 0.3) is 17.1 Å². The number of carbonyl (C=O) groups is 1. The zero-order valence-electron chi connectivity index (χ0n) is 18.0. The Morgan fingerprint density at radius 1 is 1.15 bits per heavy atom. The summed E-state index contributed by atoms with van der Waals surface area (Å²) in [5.74, 6) is 0.334. The van der Waals surface area contributed by atoms with E-state index in [-0.39, 0.29) is 17.3 Å². The topological polar surface area (TPSA) is 128 Å². The number of non-ortho nitro benzene ring substituents is 1. The highest BCUT2D eigenvalue weighted by Gasteiger charge is 2.17. The van der Waals surface area contributed by atoms with E-state index in [1.807, 2.05) is 47.9 Å². The number of thioether (sulfide) groups is 1. The van der Waals surface area contributed by atoms with Gasteiger partial charge in [0.1, 0.15) is 0 Å². The van der Waals surface area contributed by atoms with Gasteiger partial charge >= 0.3 is 0 Å².